The Morgan fingerprint density at radius 1 is 1.22 bits per heavy atom. The Labute approximate surface area is 163 Å². The molecule has 6 nitrogen and oxygen atoms in total. The molecule has 0 radical (unpaired) electrons. The lowest BCUT2D eigenvalue weighted by atomic mass is 9.99. The molecule has 1 atom stereocenters. The average Bonchev–Trinajstić information content (AvgIpc) is 2.67. The van der Waals surface area contributed by atoms with E-state index >= 15 is 0 Å². The zero-order chi connectivity index (χ0) is 19.9. The van der Waals surface area contributed by atoms with Crippen molar-refractivity contribution in [3.63, 3.8) is 0 Å². The minimum absolute atomic E-state index is 0.0691. The first-order valence-corrected chi connectivity index (χ1v) is 11.6. The second kappa shape index (κ2) is 10.1. The van der Waals surface area contributed by atoms with Crippen LogP contribution in [0.4, 0.5) is 0 Å². The van der Waals surface area contributed by atoms with Crippen LogP contribution in [0, 0.1) is 0 Å². The standard InChI is InChI=1S/C20H32N2O4S/c1-4-18-7-5-6-14-22(18)20(23)13-16-21(27(3,24)25)15-12-17-8-10-19(26-2)11-9-17/h8-11,18H,4-7,12-16H2,1-3H3. The molecule has 1 aliphatic heterocycles. The van der Waals surface area contributed by atoms with Crippen LogP contribution in [-0.4, -0.2) is 62.6 Å². The van der Waals surface area contributed by atoms with Gasteiger partial charge in [0.05, 0.1) is 13.4 Å². The van der Waals surface area contributed by atoms with Crippen LogP contribution in [0.2, 0.25) is 0 Å². The summed E-state index contributed by atoms with van der Waals surface area (Å²) in [7, 11) is -1.74. The maximum Gasteiger partial charge on any atom is 0.224 e. The van der Waals surface area contributed by atoms with Gasteiger partial charge in [0.15, 0.2) is 0 Å². The van der Waals surface area contributed by atoms with Gasteiger partial charge in [0.1, 0.15) is 5.75 Å². The van der Waals surface area contributed by atoms with Crippen molar-refractivity contribution in [2.75, 3.05) is 33.0 Å². The molecule has 1 aromatic carbocycles. The van der Waals surface area contributed by atoms with Crippen molar-refractivity contribution in [2.24, 2.45) is 0 Å². The highest BCUT2D eigenvalue weighted by atomic mass is 32.2. The van der Waals surface area contributed by atoms with Crippen molar-refractivity contribution in [3.05, 3.63) is 29.8 Å². The van der Waals surface area contributed by atoms with E-state index in [4.69, 9.17) is 4.74 Å². The molecular formula is C20H32N2O4S. The number of methoxy groups -OCH3 is 1. The van der Waals surface area contributed by atoms with Gasteiger partial charge in [-0.2, -0.15) is 0 Å². The molecule has 2 rings (SSSR count). The number of ether oxygens (including phenoxy) is 1. The number of amides is 1. The molecule has 152 valence electrons. The fourth-order valence-electron chi connectivity index (χ4n) is 3.61. The molecule has 0 saturated carbocycles. The van der Waals surface area contributed by atoms with Crippen LogP contribution in [0.1, 0.15) is 44.6 Å². The fraction of sp³-hybridized carbons (Fsp3) is 0.650. The molecule has 0 N–H and O–H groups in total. The van der Waals surface area contributed by atoms with Crippen molar-refractivity contribution >= 4 is 15.9 Å². The van der Waals surface area contributed by atoms with Gasteiger partial charge in [0.25, 0.3) is 0 Å². The van der Waals surface area contributed by atoms with Gasteiger partial charge in [-0.15, -0.1) is 0 Å². The molecule has 0 aromatic heterocycles. The summed E-state index contributed by atoms with van der Waals surface area (Å²) < 4.78 is 30.8. The first kappa shape index (κ1) is 21.7. The summed E-state index contributed by atoms with van der Waals surface area (Å²) in [4.78, 5) is 14.6. The second-order valence-electron chi connectivity index (χ2n) is 7.16. The van der Waals surface area contributed by atoms with E-state index in [-0.39, 0.29) is 18.9 Å². The Bertz CT molecular complexity index is 703. The van der Waals surface area contributed by atoms with E-state index in [0.29, 0.717) is 19.0 Å². The van der Waals surface area contributed by atoms with Gasteiger partial charge in [-0.25, -0.2) is 12.7 Å². The van der Waals surface area contributed by atoms with Crippen LogP contribution in [0.3, 0.4) is 0 Å². The lowest BCUT2D eigenvalue weighted by molar-refractivity contribution is -0.135. The largest absolute Gasteiger partial charge is 0.497 e. The minimum Gasteiger partial charge on any atom is -0.497 e. The van der Waals surface area contributed by atoms with Crippen LogP contribution >= 0.6 is 0 Å². The monoisotopic (exact) mass is 396 g/mol. The molecule has 1 saturated heterocycles. The number of nitrogens with zero attached hydrogens (tertiary/aromatic N) is 2. The van der Waals surface area contributed by atoms with E-state index in [1.165, 1.54) is 17.0 Å². The highest BCUT2D eigenvalue weighted by Gasteiger charge is 2.26. The van der Waals surface area contributed by atoms with Gasteiger partial charge < -0.3 is 9.64 Å². The third-order valence-electron chi connectivity index (χ3n) is 5.27. The Morgan fingerprint density at radius 3 is 2.52 bits per heavy atom. The maximum absolute atomic E-state index is 12.6. The fourth-order valence-corrected chi connectivity index (χ4v) is 4.45. The summed E-state index contributed by atoms with van der Waals surface area (Å²) in [5.74, 6) is 0.843. The van der Waals surface area contributed by atoms with Gasteiger partial charge in [-0.05, 0) is 49.8 Å². The molecule has 0 aliphatic carbocycles. The molecule has 7 heteroatoms. The highest BCUT2D eigenvalue weighted by Crippen LogP contribution is 2.20. The number of carbonyl (C=O) groups is 1. The van der Waals surface area contributed by atoms with Crippen LogP contribution in [0.25, 0.3) is 0 Å². The lowest BCUT2D eigenvalue weighted by Gasteiger charge is -2.35. The number of piperidine rings is 1. The first-order chi connectivity index (χ1) is 12.8. The van der Waals surface area contributed by atoms with Crippen molar-refractivity contribution < 1.29 is 17.9 Å². The van der Waals surface area contributed by atoms with Crippen LogP contribution < -0.4 is 4.74 Å². The molecule has 1 unspecified atom stereocenters. The SMILES string of the molecule is CCC1CCCCN1C(=O)CCN(CCc1ccc(OC)cc1)S(C)(=O)=O. The quantitative estimate of drug-likeness (QED) is 0.644. The maximum atomic E-state index is 12.6. The summed E-state index contributed by atoms with van der Waals surface area (Å²) in [5, 5.41) is 0. The third-order valence-corrected chi connectivity index (χ3v) is 6.57. The first-order valence-electron chi connectivity index (χ1n) is 9.72. The van der Waals surface area contributed by atoms with Gasteiger partial charge in [-0.3, -0.25) is 4.79 Å². The Balaban J connectivity index is 1.92. The van der Waals surface area contributed by atoms with Gasteiger partial charge >= 0.3 is 0 Å². The molecule has 1 amide bonds. The van der Waals surface area contributed by atoms with Crippen molar-refractivity contribution in [1.82, 2.24) is 9.21 Å². The van der Waals surface area contributed by atoms with E-state index in [1.54, 1.807) is 7.11 Å². The molecule has 0 bridgehead atoms. The molecule has 0 spiro atoms. The Hall–Kier alpha value is -1.60. The molecule has 1 fully saturated rings. The van der Waals surface area contributed by atoms with E-state index in [1.807, 2.05) is 29.2 Å². The zero-order valence-electron chi connectivity index (χ0n) is 16.7. The summed E-state index contributed by atoms with van der Waals surface area (Å²) in [5.41, 5.74) is 1.04. The number of likely N-dealkylation sites (tertiary alicyclic amines) is 1. The minimum atomic E-state index is -3.36. The predicted octanol–water partition coefficient (Wildman–Crippen LogP) is 2.68. The highest BCUT2D eigenvalue weighted by molar-refractivity contribution is 7.88. The summed E-state index contributed by atoms with van der Waals surface area (Å²) in [6, 6.07) is 7.90. The number of benzene rings is 1. The molecule has 27 heavy (non-hydrogen) atoms. The third kappa shape index (κ3) is 6.50. The van der Waals surface area contributed by atoms with Crippen LogP contribution in [-0.2, 0) is 21.2 Å². The normalized spacial score (nSPS) is 17.9. The summed E-state index contributed by atoms with van der Waals surface area (Å²) >= 11 is 0. The second-order valence-corrected chi connectivity index (χ2v) is 9.14. The van der Waals surface area contributed by atoms with E-state index in [2.05, 4.69) is 6.92 Å². The molecule has 1 aliphatic rings. The number of hydrogen-bond acceptors (Lipinski definition) is 4. The topological polar surface area (TPSA) is 66.9 Å². The average molecular weight is 397 g/mol. The van der Waals surface area contributed by atoms with Crippen molar-refractivity contribution in [1.29, 1.82) is 0 Å². The summed E-state index contributed by atoms with van der Waals surface area (Å²) in [6.07, 6.45) is 6.27. The van der Waals surface area contributed by atoms with E-state index in [0.717, 1.165) is 37.1 Å². The van der Waals surface area contributed by atoms with Crippen molar-refractivity contribution in [2.45, 2.75) is 51.5 Å². The number of rotatable bonds is 9. The smallest absolute Gasteiger partial charge is 0.224 e. The number of carbonyl (C=O) groups excluding carboxylic acids is 1. The molecular weight excluding hydrogens is 364 g/mol. The van der Waals surface area contributed by atoms with Crippen molar-refractivity contribution in [3.8, 4) is 5.75 Å². The molecule has 1 aromatic rings. The van der Waals surface area contributed by atoms with Crippen LogP contribution in [0.5, 0.6) is 5.75 Å². The Morgan fingerprint density at radius 2 is 1.93 bits per heavy atom. The summed E-state index contributed by atoms with van der Waals surface area (Å²) in [6.45, 7) is 3.51. The van der Waals surface area contributed by atoms with E-state index < -0.39 is 10.0 Å². The van der Waals surface area contributed by atoms with Crippen LogP contribution in [0.15, 0.2) is 24.3 Å². The number of hydrogen-bond donors (Lipinski definition) is 0. The lowest BCUT2D eigenvalue weighted by Crippen LogP contribution is -2.45. The van der Waals surface area contributed by atoms with Gasteiger partial charge in [0.2, 0.25) is 15.9 Å². The van der Waals surface area contributed by atoms with Gasteiger partial charge in [0, 0.05) is 32.1 Å². The Kier molecular flexibility index (Phi) is 8.10. The predicted molar refractivity (Wildman–Crippen MR) is 107 cm³/mol. The number of sulfonamides is 1. The molecule has 1 heterocycles. The van der Waals surface area contributed by atoms with Gasteiger partial charge in [-0.1, -0.05) is 19.1 Å². The van der Waals surface area contributed by atoms with E-state index in [9.17, 15) is 13.2 Å². The zero-order valence-corrected chi connectivity index (χ0v) is 17.5.